The number of rotatable bonds is 7. The van der Waals surface area contributed by atoms with Crippen molar-refractivity contribution < 1.29 is 9.47 Å². The molecule has 0 saturated carbocycles. The van der Waals surface area contributed by atoms with Crippen LogP contribution in [-0.4, -0.2) is 43.9 Å². The van der Waals surface area contributed by atoms with E-state index in [9.17, 15) is 0 Å². The molecule has 0 spiro atoms. The molecule has 2 N–H and O–H groups in total. The summed E-state index contributed by atoms with van der Waals surface area (Å²) in [7, 11) is 0. The molecule has 1 aliphatic heterocycles. The quantitative estimate of drug-likeness (QED) is 0.723. The average molecular weight is 394 g/mol. The van der Waals surface area contributed by atoms with Gasteiger partial charge in [0, 0.05) is 42.3 Å². The standard InChI is InChI=1S/C16H25BrN2O2.ClH/c1-3-20-6-7-21-16-5-4-14(17)8-13(16)10-19-9-12(2)15(18)11-19;/h4-5,8,12,15H,3,6-7,9-11,18H2,1-2H3;1H. The van der Waals surface area contributed by atoms with Gasteiger partial charge < -0.3 is 15.2 Å². The second-order valence-corrected chi connectivity index (χ2v) is 6.55. The van der Waals surface area contributed by atoms with Crippen LogP contribution in [0.25, 0.3) is 0 Å². The van der Waals surface area contributed by atoms with Crippen molar-refractivity contribution in [3.05, 3.63) is 28.2 Å². The van der Waals surface area contributed by atoms with Crippen LogP contribution in [0.5, 0.6) is 5.75 Å². The monoisotopic (exact) mass is 392 g/mol. The number of halogens is 2. The molecule has 126 valence electrons. The van der Waals surface area contributed by atoms with E-state index in [0.29, 0.717) is 19.1 Å². The first kappa shape index (κ1) is 19.7. The Hall–Kier alpha value is -0.330. The minimum absolute atomic E-state index is 0. The molecule has 0 bridgehead atoms. The van der Waals surface area contributed by atoms with Gasteiger partial charge in [-0.05, 0) is 31.0 Å². The van der Waals surface area contributed by atoms with E-state index in [-0.39, 0.29) is 18.4 Å². The number of ether oxygens (including phenoxy) is 2. The molecule has 0 aromatic heterocycles. The summed E-state index contributed by atoms with van der Waals surface area (Å²) in [4.78, 5) is 2.40. The zero-order valence-corrected chi connectivity index (χ0v) is 15.7. The molecule has 1 aromatic rings. The van der Waals surface area contributed by atoms with E-state index in [1.807, 2.05) is 19.1 Å². The first-order valence-electron chi connectivity index (χ1n) is 7.57. The molecule has 22 heavy (non-hydrogen) atoms. The van der Waals surface area contributed by atoms with Crippen LogP contribution in [0.1, 0.15) is 19.4 Å². The van der Waals surface area contributed by atoms with E-state index in [4.69, 9.17) is 15.2 Å². The van der Waals surface area contributed by atoms with Crippen LogP contribution in [0.15, 0.2) is 22.7 Å². The van der Waals surface area contributed by atoms with Crippen LogP contribution in [-0.2, 0) is 11.3 Å². The summed E-state index contributed by atoms with van der Waals surface area (Å²) in [5, 5.41) is 0. The van der Waals surface area contributed by atoms with E-state index in [0.717, 1.165) is 36.5 Å². The van der Waals surface area contributed by atoms with Crippen molar-refractivity contribution >= 4 is 28.3 Å². The van der Waals surface area contributed by atoms with Gasteiger partial charge in [-0.2, -0.15) is 0 Å². The third-order valence-electron chi connectivity index (χ3n) is 3.85. The molecule has 2 rings (SSSR count). The summed E-state index contributed by atoms with van der Waals surface area (Å²) >= 11 is 3.54. The van der Waals surface area contributed by atoms with Gasteiger partial charge in [0.2, 0.25) is 0 Å². The molecule has 1 saturated heterocycles. The SMILES string of the molecule is CCOCCOc1ccc(Br)cc1CN1CC(C)C(N)C1.Cl. The Labute approximate surface area is 147 Å². The molecule has 1 aliphatic rings. The van der Waals surface area contributed by atoms with Gasteiger partial charge in [0.15, 0.2) is 0 Å². The van der Waals surface area contributed by atoms with Crippen molar-refractivity contribution in [3.63, 3.8) is 0 Å². The first-order valence-corrected chi connectivity index (χ1v) is 8.36. The Morgan fingerprint density at radius 1 is 1.32 bits per heavy atom. The maximum absolute atomic E-state index is 6.11. The van der Waals surface area contributed by atoms with Crippen LogP contribution in [0.4, 0.5) is 0 Å². The maximum Gasteiger partial charge on any atom is 0.123 e. The fourth-order valence-corrected chi connectivity index (χ4v) is 3.04. The highest BCUT2D eigenvalue weighted by molar-refractivity contribution is 9.10. The Kier molecular flexibility index (Phi) is 8.72. The average Bonchev–Trinajstić information content (AvgIpc) is 2.75. The molecule has 0 radical (unpaired) electrons. The fraction of sp³-hybridized carbons (Fsp3) is 0.625. The molecule has 6 heteroatoms. The molecule has 0 aliphatic carbocycles. The van der Waals surface area contributed by atoms with Crippen molar-refractivity contribution in [1.29, 1.82) is 0 Å². The highest BCUT2D eigenvalue weighted by Crippen LogP contribution is 2.26. The van der Waals surface area contributed by atoms with Crippen molar-refractivity contribution in [3.8, 4) is 5.75 Å². The lowest BCUT2D eigenvalue weighted by Crippen LogP contribution is -2.28. The van der Waals surface area contributed by atoms with Gasteiger partial charge in [0.25, 0.3) is 0 Å². The van der Waals surface area contributed by atoms with Gasteiger partial charge >= 0.3 is 0 Å². The number of hydrogen-bond donors (Lipinski definition) is 1. The van der Waals surface area contributed by atoms with Crippen LogP contribution in [0.3, 0.4) is 0 Å². The Balaban J connectivity index is 0.00000242. The van der Waals surface area contributed by atoms with Gasteiger partial charge in [-0.3, -0.25) is 4.90 Å². The van der Waals surface area contributed by atoms with E-state index in [1.54, 1.807) is 0 Å². The molecule has 2 atom stereocenters. The summed E-state index contributed by atoms with van der Waals surface area (Å²) in [5.41, 5.74) is 7.30. The Morgan fingerprint density at radius 2 is 2.09 bits per heavy atom. The zero-order chi connectivity index (χ0) is 15.2. The Morgan fingerprint density at radius 3 is 2.73 bits per heavy atom. The van der Waals surface area contributed by atoms with E-state index in [2.05, 4.69) is 33.8 Å². The normalized spacial score (nSPS) is 21.6. The predicted octanol–water partition coefficient (Wildman–Crippen LogP) is 3.07. The smallest absolute Gasteiger partial charge is 0.123 e. The van der Waals surface area contributed by atoms with Crippen molar-refractivity contribution in [1.82, 2.24) is 4.90 Å². The van der Waals surface area contributed by atoms with E-state index in [1.165, 1.54) is 5.56 Å². The topological polar surface area (TPSA) is 47.7 Å². The molecule has 4 nitrogen and oxygen atoms in total. The van der Waals surface area contributed by atoms with Gasteiger partial charge in [-0.15, -0.1) is 12.4 Å². The molecular formula is C16H26BrClN2O2. The zero-order valence-electron chi connectivity index (χ0n) is 13.3. The maximum atomic E-state index is 6.11. The van der Waals surface area contributed by atoms with Gasteiger partial charge in [-0.1, -0.05) is 22.9 Å². The minimum Gasteiger partial charge on any atom is -0.491 e. The number of likely N-dealkylation sites (tertiary alicyclic amines) is 1. The van der Waals surface area contributed by atoms with Gasteiger partial charge in [0.1, 0.15) is 12.4 Å². The summed E-state index contributed by atoms with van der Waals surface area (Å²) < 4.78 is 12.2. The van der Waals surface area contributed by atoms with Gasteiger partial charge in [0.05, 0.1) is 6.61 Å². The third kappa shape index (κ3) is 5.70. The summed E-state index contributed by atoms with van der Waals surface area (Å²) in [5.74, 6) is 1.49. The number of hydrogen-bond acceptors (Lipinski definition) is 4. The van der Waals surface area contributed by atoms with Gasteiger partial charge in [-0.25, -0.2) is 0 Å². The number of nitrogens with zero attached hydrogens (tertiary/aromatic N) is 1. The van der Waals surface area contributed by atoms with Crippen LogP contribution < -0.4 is 10.5 Å². The van der Waals surface area contributed by atoms with Crippen LogP contribution in [0.2, 0.25) is 0 Å². The predicted molar refractivity (Wildman–Crippen MR) is 95.8 cm³/mol. The second kappa shape index (κ2) is 9.73. The molecule has 1 fully saturated rings. The lowest BCUT2D eigenvalue weighted by molar-refractivity contribution is 0.109. The minimum atomic E-state index is 0. The van der Waals surface area contributed by atoms with Crippen molar-refractivity contribution in [2.75, 3.05) is 32.9 Å². The van der Waals surface area contributed by atoms with Crippen molar-refractivity contribution in [2.45, 2.75) is 26.4 Å². The molecule has 1 heterocycles. The fourth-order valence-electron chi connectivity index (χ4n) is 2.63. The van der Waals surface area contributed by atoms with E-state index >= 15 is 0 Å². The highest BCUT2D eigenvalue weighted by Gasteiger charge is 2.26. The molecule has 0 amide bonds. The number of nitrogens with two attached hydrogens (primary N) is 1. The number of benzene rings is 1. The summed E-state index contributed by atoms with van der Waals surface area (Å²) in [6.07, 6.45) is 0. The van der Waals surface area contributed by atoms with Crippen molar-refractivity contribution in [2.24, 2.45) is 11.7 Å². The largest absolute Gasteiger partial charge is 0.491 e. The van der Waals surface area contributed by atoms with Crippen LogP contribution >= 0.6 is 28.3 Å². The highest BCUT2D eigenvalue weighted by atomic mass is 79.9. The van der Waals surface area contributed by atoms with Crippen LogP contribution in [0, 0.1) is 5.92 Å². The van der Waals surface area contributed by atoms with E-state index < -0.39 is 0 Å². The molecular weight excluding hydrogens is 368 g/mol. The molecule has 2 unspecified atom stereocenters. The first-order chi connectivity index (χ1) is 10.1. The lowest BCUT2D eigenvalue weighted by Gasteiger charge is -2.18. The lowest BCUT2D eigenvalue weighted by atomic mass is 10.1. The third-order valence-corrected chi connectivity index (χ3v) is 4.35. The summed E-state index contributed by atoms with van der Waals surface area (Å²) in [6.45, 7) is 9.00. The summed E-state index contributed by atoms with van der Waals surface area (Å²) in [6, 6.07) is 6.44. The Bertz CT molecular complexity index is 452. The molecule has 1 aromatic carbocycles. The second-order valence-electron chi connectivity index (χ2n) is 5.63.